The molecule has 1 N–H and O–H groups in total. The third-order valence-corrected chi connectivity index (χ3v) is 2.60. The van der Waals surface area contributed by atoms with E-state index in [1.165, 1.54) is 5.56 Å². The smallest absolute Gasteiger partial charge is 0.123 e. The van der Waals surface area contributed by atoms with E-state index in [-0.39, 0.29) is 0 Å². The largest absolute Gasteiger partial charge is 0.316 e. The van der Waals surface area contributed by atoms with Gasteiger partial charge in [0, 0.05) is 11.0 Å². The molecule has 0 spiro atoms. The Labute approximate surface area is 96.5 Å². The molecule has 0 unspecified atom stereocenters. The van der Waals surface area contributed by atoms with Crippen molar-refractivity contribution in [2.24, 2.45) is 0 Å². The van der Waals surface area contributed by atoms with Gasteiger partial charge >= 0.3 is 0 Å². The summed E-state index contributed by atoms with van der Waals surface area (Å²) in [6, 6.07) is 6.14. The van der Waals surface area contributed by atoms with E-state index in [0.29, 0.717) is 0 Å². The van der Waals surface area contributed by atoms with Crippen molar-refractivity contribution in [3.05, 3.63) is 40.9 Å². The summed E-state index contributed by atoms with van der Waals surface area (Å²) < 4.78 is 2.98. The van der Waals surface area contributed by atoms with Crippen molar-refractivity contribution in [3.63, 3.8) is 0 Å². The highest BCUT2D eigenvalue weighted by atomic mass is 79.9. The molecule has 0 amide bonds. The predicted molar refractivity (Wildman–Crippen MR) is 61.8 cm³/mol. The van der Waals surface area contributed by atoms with Crippen LogP contribution in [0.5, 0.6) is 0 Å². The van der Waals surface area contributed by atoms with Gasteiger partial charge in [0.05, 0.1) is 5.69 Å². The maximum absolute atomic E-state index is 3.80. The van der Waals surface area contributed by atoms with Crippen molar-refractivity contribution in [2.45, 2.75) is 6.54 Å². The molecule has 15 heavy (non-hydrogen) atoms. The molecule has 5 heteroatoms. The van der Waals surface area contributed by atoms with E-state index in [4.69, 9.17) is 0 Å². The molecule has 4 nitrogen and oxygen atoms in total. The van der Waals surface area contributed by atoms with E-state index < -0.39 is 0 Å². The Morgan fingerprint density at radius 2 is 2.07 bits per heavy atom. The standard InChI is InChI=1S/C10H11BrN4/c1-12-5-8-4-9(11)2-3-10(8)15-6-13-14-7-15/h2-4,6-7,12H,5H2,1H3. The monoisotopic (exact) mass is 266 g/mol. The summed E-state index contributed by atoms with van der Waals surface area (Å²) in [7, 11) is 1.93. The Balaban J connectivity index is 2.46. The lowest BCUT2D eigenvalue weighted by atomic mass is 10.2. The first kappa shape index (κ1) is 10.3. The van der Waals surface area contributed by atoms with Gasteiger partial charge in [-0.15, -0.1) is 10.2 Å². The van der Waals surface area contributed by atoms with Crippen LogP contribution in [0.3, 0.4) is 0 Å². The number of hydrogen-bond acceptors (Lipinski definition) is 3. The van der Waals surface area contributed by atoms with E-state index in [0.717, 1.165) is 16.7 Å². The van der Waals surface area contributed by atoms with E-state index >= 15 is 0 Å². The SMILES string of the molecule is CNCc1cc(Br)ccc1-n1cnnc1. The van der Waals surface area contributed by atoms with Crippen LogP contribution < -0.4 is 5.32 Å². The first-order valence-corrected chi connectivity index (χ1v) is 5.38. The number of nitrogens with zero attached hydrogens (tertiary/aromatic N) is 3. The van der Waals surface area contributed by atoms with Crippen LogP contribution in [0.25, 0.3) is 5.69 Å². The number of nitrogens with one attached hydrogen (secondary N) is 1. The molecule has 0 saturated carbocycles. The Hall–Kier alpha value is -1.20. The summed E-state index contributed by atoms with van der Waals surface area (Å²) >= 11 is 3.46. The normalized spacial score (nSPS) is 10.5. The summed E-state index contributed by atoms with van der Waals surface area (Å²) in [5, 5.41) is 10.7. The fourth-order valence-corrected chi connectivity index (χ4v) is 1.87. The van der Waals surface area contributed by atoms with Gasteiger partial charge in [0.2, 0.25) is 0 Å². The Morgan fingerprint density at radius 3 is 2.73 bits per heavy atom. The van der Waals surface area contributed by atoms with Gasteiger partial charge in [-0.25, -0.2) is 0 Å². The number of halogens is 1. The third kappa shape index (κ3) is 2.24. The Morgan fingerprint density at radius 1 is 1.33 bits per heavy atom. The van der Waals surface area contributed by atoms with Crippen molar-refractivity contribution < 1.29 is 0 Å². The lowest BCUT2D eigenvalue weighted by Crippen LogP contribution is -2.08. The molecule has 0 radical (unpaired) electrons. The molecule has 0 aliphatic rings. The predicted octanol–water partition coefficient (Wildman–Crippen LogP) is 1.75. The van der Waals surface area contributed by atoms with Gasteiger partial charge in [-0.1, -0.05) is 15.9 Å². The minimum Gasteiger partial charge on any atom is -0.316 e. The van der Waals surface area contributed by atoms with Crippen LogP contribution in [0.2, 0.25) is 0 Å². The fourth-order valence-electron chi connectivity index (χ4n) is 1.46. The van der Waals surface area contributed by atoms with E-state index in [1.807, 2.05) is 23.7 Å². The van der Waals surface area contributed by atoms with Crippen LogP contribution in [-0.2, 0) is 6.54 Å². The zero-order valence-corrected chi connectivity index (χ0v) is 9.90. The minimum absolute atomic E-state index is 0.812. The highest BCUT2D eigenvalue weighted by Crippen LogP contribution is 2.19. The zero-order valence-electron chi connectivity index (χ0n) is 8.31. The van der Waals surface area contributed by atoms with Crippen molar-refractivity contribution in [3.8, 4) is 5.69 Å². The van der Waals surface area contributed by atoms with Crippen LogP contribution in [0.4, 0.5) is 0 Å². The molecule has 1 aromatic heterocycles. The molecule has 2 rings (SSSR count). The molecule has 78 valence electrons. The van der Waals surface area contributed by atoms with Gasteiger partial charge in [-0.2, -0.15) is 0 Å². The van der Waals surface area contributed by atoms with E-state index in [1.54, 1.807) is 12.7 Å². The molecular formula is C10H11BrN4. The highest BCUT2D eigenvalue weighted by molar-refractivity contribution is 9.10. The van der Waals surface area contributed by atoms with Gasteiger partial charge in [-0.3, -0.25) is 4.57 Å². The average molecular weight is 267 g/mol. The molecule has 0 bridgehead atoms. The van der Waals surface area contributed by atoms with Gasteiger partial charge in [0.25, 0.3) is 0 Å². The van der Waals surface area contributed by atoms with Crippen LogP contribution >= 0.6 is 15.9 Å². The Bertz CT molecular complexity index is 439. The first-order valence-electron chi connectivity index (χ1n) is 4.59. The summed E-state index contributed by atoms with van der Waals surface area (Å²) in [4.78, 5) is 0. The second kappa shape index (κ2) is 4.55. The maximum Gasteiger partial charge on any atom is 0.123 e. The van der Waals surface area contributed by atoms with Gasteiger partial charge < -0.3 is 5.32 Å². The highest BCUT2D eigenvalue weighted by Gasteiger charge is 2.04. The number of aromatic nitrogens is 3. The van der Waals surface area contributed by atoms with E-state index in [2.05, 4.69) is 37.5 Å². The minimum atomic E-state index is 0.812. The quantitative estimate of drug-likeness (QED) is 0.921. The molecule has 0 atom stereocenters. The fraction of sp³-hybridized carbons (Fsp3) is 0.200. The molecule has 1 heterocycles. The Kier molecular flexibility index (Phi) is 3.13. The van der Waals surface area contributed by atoms with Gasteiger partial charge in [-0.05, 0) is 30.8 Å². The second-order valence-corrected chi connectivity index (χ2v) is 4.09. The molecule has 0 aliphatic carbocycles. The average Bonchev–Trinajstić information content (AvgIpc) is 2.71. The second-order valence-electron chi connectivity index (χ2n) is 3.17. The molecular weight excluding hydrogens is 256 g/mol. The van der Waals surface area contributed by atoms with Crippen LogP contribution in [0.1, 0.15) is 5.56 Å². The van der Waals surface area contributed by atoms with Crippen LogP contribution in [0, 0.1) is 0 Å². The van der Waals surface area contributed by atoms with Crippen LogP contribution in [0.15, 0.2) is 35.3 Å². The van der Waals surface area contributed by atoms with Gasteiger partial charge in [0.15, 0.2) is 0 Å². The molecule has 1 aromatic carbocycles. The van der Waals surface area contributed by atoms with Crippen molar-refractivity contribution in [1.82, 2.24) is 20.1 Å². The summed E-state index contributed by atoms with van der Waals surface area (Å²) in [5.41, 5.74) is 2.30. The summed E-state index contributed by atoms with van der Waals surface area (Å²) in [5.74, 6) is 0. The molecule has 2 aromatic rings. The molecule has 0 saturated heterocycles. The van der Waals surface area contributed by atoms with Crippen molar-refractivity contribution in [1.29, 1.82) is 0 Å². The topological polar surface area (TPSA) is 42.7 Å². The first-order chi connectivity index (χ1) is 7.31. The lowest BCUT2D eigenvalue weighted by molar-refractivity contribution is 0.806. The molecule has 0 aliphatic heterocycles. The van der Waals surface area contributed by atoms with E-state index in [9.17, 15) is 0 Å². The maximum atomic E-state index is 3.80. The van der Waals surface area contributed by atoms with Crippen molar-refractivity contribution in [2.75, 3.05) is 7.05 Å². The number of hydrogen-bond donors (Lipinski definition) is 1. The molecule has 0 fully saturated rings. The van der Waals surface area contributed by atoms with Crippen LogP contribution in [-0.4, -0.2) is 21.8 Å². The van der Waals surface area contributed by atoms with Gasteiger partial charge in [0.1, 0.15) is 12.7 Å². The number of rotatable bonds is 3. The summed E-state index contributed by atoms with van der Waals surface area (Å²) in [6.45, 7) is 0.812. The van der Waals surface area contributed by atoms with Crippen molar-refractivity contribution >= 4 is 15.9 Å². The third-order valence-electron chi connectivity index (χ3n) is 2.11. The summed E-state index contributed by atoms with van der Waals surface area (Å²) in [6.07, 6.45) is 3.39. The lowest BCUT2D eigenvalue weighted by Gasteiger charge is -2.09. The number of benzene rings is 1. The zero-order chi connectivity index (χ0) is 10.7.